The lowest BCUT2D eigenvalue weighted by atomic mass is 10.2. The zero-order valence-electron chi connectivity index (χ0n) is 13.3. The first-order valence-electron chi connectivity index (χ1n) is 7.17. The summed E-state index contributed by atoms with van der Waals surface area (Å²) >= 11 is 1.12. The van der Waals surface area contributed by atoms with Gasteiger partial charge >= 0.3 is 0 Å². The number of fused-ring (bicyclic) bond motifs is 1. The zero-order valence-corrected chi connectivity index (χ0v) is 14.2. The molecule has 2 rings (SSSR count). The number of aromatic nitrogens is 2. The van der Waals surface area contributed by atoms with E-state index in [0.29, 0.717) is 39.5 Å². The predicted octanol–water partition coefficient (Wildman–Crippen LogP) is 1.03. The molecule has 23 heavy (non-hydrogen) atoms. The van der Waals surface area contributed by atoms with Crippen LogP contribution in [0.2, 0.25) is 0 Å². The third kappa shape index (κ3) is 3.48. The number of Topliss-reactive ketones (excluding diaryl/α,β-unsaturated/α-hetero) is 1. The maximum Gasteiger partial charge on any atom is 0.262 e. The number of ether oxygens (including phenoxy) is 1. The number of methoxy groups -OCH3 is 1. The first-order valence-corrected chi connectivity index (χ1v) is 7.99. The number of amides is 1. The van der Waals surface area contributed by atoms with E-state index >= 15 is 0 Å². The van der Waals surface area contributed by atoms with E-state index in [1.165, 1.54) is 11.5 Å². The van der Waals surface area contributed by atoms with Crippen molar-refractivity contribution in [2.45, 2.75) is 33.2 Å². The van der Waals surface area contributed by atoms with Crippen LogP contribution in [0.25, 0.3) is 10.2 Å². The molecule has 0 atom stereocenters. The third-order valence-electron chi connectivity index (χ3n) is 3.57. The molecule has 0 aliphatic heterocycles. The van der Waals surface area contributed by atoms with Gasteiger partial charge in [-0.1, -0.05) is 0 Å². The van der Waals surface area contributed by atoms with Gasteiger partial charge in [0.1, 0.15) is 16.4 Å². The van der Waals surface area contributed by atoms with Crippen LogP contribution in [-0.2, 0) is 22.5 Å². The molecule has 0 fully saturated rings. The number of thiophene rings is 1. The van der Waals surface area contributed by atoms with E-state index in [2.05, 4.69) is 4.98 Å². The smallest absolute Gasteiger partial charge is 0.262 e. The number of carbonyl (C=O) groups is 2. The van der Waals surface area contributed by atoms with Crippen LogP contribution in [0.1, 0.15) is 34.4 Å². The number of hydrogen-bond donors (Lipinski definition) is 1. The third-order valence-corrected chi connectivity index (χ3v) is 4.77. The maximum absolute atomic E-state index is 12.8. The Morgan fingerprint density at radius 3 is 2.65 bits per heavy atom. The topological polar surface area (TPSA) is 104 Å². The van der Waals surface area contributed by atoms with Crippen LogP contribution < -0.4 is 11.3 Å². The summed E-state index contributed by atoms with van der Waals surface area (Å²) in [7, 11) is 1.57. The Morgan fingerprint density at radius 1 is 1.39 bits per heavy atom. The maximum atomic E-state index is 12.8. The molecule has 0 radical (unpaired) electrons. The summed E-state index contributed by atoms with van der Waals surface area (Å²) in [6.45, 7) is 3.83. The Kier molecular flexibility index (Phi) is 5.27. The van der Waals surface area contributed by atoms with Gasteiger partial charge < -0.3 is 10.5 Å². The van der Waals surface area contributed by atoms with E-state index in [1.807, 2.05) is 0 Å². The fourth-order valence-electron chi connectivity index (χ4n) is 2.38. The summed E-state index contributed by atoms with van der Waals surface area (Å²) in [5.41, 5.74) is 5.65. The van der Waals surface area contributed by atoms with E-state index in [1.54, 1.807) is 14.0 Å². The molecule has 7 nitrogen and oxygen atoms in total. The molecule has 2 heterocycles. The monoisotopic (exact) mass is 337 g/mol. The van der Waals surface area contributed by atoms with Crippen molar-refractivity contribution in [3.8, 4) is 0 Å². The molecule has 8 heteroatoms. The standard InChI is InChI=1S/C15H19N3O4S/c1-8(19)4-6-18-10(5-7-22-3)17-14-11(15(18)21)9(2)12(23-14)13(16)20/h4-7H2,1-3H3,(H2,16,20). The van der Waals surface area contributed by atoms with Gasteiger partial charge in [0.05, 0.1) is 16.9 Å². The SMILES string of the molecule is COCCc1nc2sc(C(N)=O)c(C)c2c(=O)n1CCC(C)=O. The second-order valence-corrected chi connectivity index (χ2v) is 6.28. The van der Waals surface area contributed by atoms with Gasteiger partial charge in [0, 0.05) is 26.5 Å². The largest absolute Gasteiger partial charge is 0.384 e. The highest BCUT2D eigenvalue weighted by molar-refractivity contribution is 7.20. The molecule has 0 unspecified atom stereocenters. The zero-order chi connectivity index (χ0) is 17.1. The molecular weight excluding hydrogens is 318 g/mol. The number of nitrogens with zero attached hydrogens (tertiary/aromatic N) is 2. The Balaban J connectivity index is 2.65. The molecule has 2 N–H and O–H groups in total. The van der Waals surface area contributed by atoms with Crippen LogP contribution in [-0.4, -0.2) is 35.0 Å². The number of rotatable bonds is 7. The van der Waals surface area contributed by atoms with E-state index in [0.717, 1.165) is 11.3 Å². The van der Waals surface area contributed by atoms with Gasteiger partial charge in [-0.3, -0.25) is 19.0 Å². The summed E-state index contributed by atoms with van der Waals surface area (Å²) in [6, 6.07) is 0. The minimum Gasteiger partial charge on any atom is -0.384 e. The Morgan fingerprint density at radius 2 is 2.09 bits per heavy atom. The normalized spacial score (nSPS) is 11.1. The lowest BCUT2D eigenvalue weighted by Crippen LogP contribution is -2.27. The van der Waals surface area contributed by atoms with E-state index in [9.17, 15) is 14.4 Å². The summed E-state index contributed by atoms with van der Waals surface area (Å²) in [5.74, 6) is -0.0314. The average Bonchev–Trinajstić information content (AvgIpc) is 2.81. The highest BCUT2D eigenvalue weighted by Gasteiger charge is 2.20. The predicted molar refractivity (Wildman–Crippen MR) is 88.0 cm³/mol. The van der Waals surface area contributed by atoms with Crippen molar-refractivity contribution < 1.29 is 14.3 Å². The lowest BCUT2D eigenvalue weighted by molar-refractivity contribution is -0.117. The summed E-state index contributed by atoms with van der Waals surface area (Å²) in [5, 5.41) is 0.397. The number of ketones is 1. The fraction of sp³-hybridized carbons (Fsp3) is 0.467. The molecule has 0 saturated carbocycles. The Hall–Kier alpha value is -2.06. The number of aryl methyl sites for hydroxylation is 1. The van der Waals surface area contributed by atoms with Crippen LogP contribution in [0.3, 0.4) is 0 Å². The molecule has 0 aliphatic carbocycles. The average molecular weight is 337 g/mol. The molecule has 2 aromatic rings. The molecule has 0 aliphatic rings. The highest BCUT2D eigenvalue weighted by atomic mass is 32.1. The summed E-state index contributed by atoms with van der Waals surface area (Å²) < 4.78 is 6.55. The Labute approximate surface area is 137 Å². The van der Waals surface area contributed by atoms with Gasteiger partial charge in [0.15, 0.2) is 0 Å². The number of nitrogens with two attached hydrogens (primary N) is 1. The number of primary amides is 1. The van der Waals surface area contributed by atoms with Gasteiger partial charge in [-0.05, 0) is 19.4 Å². The molecule has 0 aromatic carbocycles. The highest BCUT2D eigenvalue weighted by Crippen LogP contribution is 2.27. The van der Waals surface area contributed by atoms with Crippen LogP contribution in [0.5, 0.6) is 0 Å². The van der Waals surface area contributed by atoms with Gasteiger partial charge in [0.25, 0.3) is 11.5 Å². The van der Waals surface area contributed by atoms with Crippen LogP contribution in [0, 0.1) is 6.92 Å². The fourth-order valence-corrected chi connectivity index (χ4v) is 3.42. The number of carbonyl (C=O) groups excluding carboxylic acids is 2. The molecule has 1 amide bonds. The second kappa shape index (κ2) is 7.01. The Bertz CT molecular complexity index is 822. The van der Waals surface area contributed by atoms with Crippen molar-refractivity contribution in [1.82, 2.24) is 9.55 Å². The first-order chi connectivity index (χ1) is 10.9. The quantitative estimate of drug-likeness (QED) is 0.812. The van der Waals surface area contributed by atoms with Crippen molar-refractivity contribution in [2.24, 2.45) is 5.73 Å². The molecule has 0 bridgehead atoms. The van der Waals surface area contributed by atoms with E-state index < -0.39 is 5.91 Å². The van der Waals surface area contributed by atoms with Crippen LogP contribution in [0.15, 0.2) is 4.79 Å². The van der Waals surface area contributed by atoms with Gasteiger partial charge in [-0.25, -0.2) is 4.98 Å². The van der Waals surface area contributed by atoms with Crippen molar-refractivity contribution in [3.05, 3.63) is 26.6 Å². The second-order valence-electron chi connectivity index (χ2n) is 5.28. The van der Waals surface area contributed by atoms with Gasteiger partial charge in [-0.15, -0.1) is 11.3 Å². The molecule has 124 valence electrons. The van der Waals surface area contributed by atoms with Crippen molar-refractivity contribution in [3.63, 3.8) is 0 Å². The molecular formula is C15H19N3O4S. The number of hydrogen-bond acceptors (Lipinski definition) is 6. The van der Waals surface area contributed by atoms with Crippen molar-refractivity contribution >= 4 is 33.2 Å². The molecule has 0 saturated heterocycles. The van der Waals surface area contributed by atoms with E-state index in [-0.39, 0.29) is 24.3 Å². The summed E-state index contributed by atoms with van der Waals surface area (Å²) in [4.78, 5) is 40.9. The van der Waals surface area contributed by atoms with Crippen LogP contribution >= 0.6 is 11.3 Å². The first kappa shape index (κ1) is 17.3. The van der Waals surface area contributed by atoms with Crippen molar-refractivity contribution in [2.75, 3.05) is 13.7 Å². The molecule has 0 spiro atoms. The van der Waals surface area contributed by atoms with E-state index in [4.69, 9.17) is 10.5 Å². The van der Waals surface area contributed by atoms with Gasteiger partial charge in [0.2, 0.25) is 0 Å². The minimum atomic E-state index is -0.571. The van der Waals surface area contributed by atoms with Crippen molar-refractivity contribution in [1.29, 1.82) is 0 Å². The van der Waals surface area contributed by atoms with Gasteiger partial charge in [-0.2, -0.15) is 0 Å². The molecule has 2 aromatic heterocycles. The summed E-state index contributed by atoms with van der Waals surface area (Å²) in [6.07, 6.45) is 0.696. The lowest BCUT2D eigenvalue weighted by Gasteiger charge is -2.11. The minimum absolute atomic E-state index is 0.00504. The van der Waals surface area contributed by atoms with Crippen LogP contribution in [0.4, 0.5) is 0 Å².